The van der Waals surface area contributed by atoms with Crippen LogP contribution < -0.4 is 11.1 Å². The number of aromatic amines is 1. The molecule has 2 heterocycles. The summed E-state index contributed by atoms with van der Waals surface area (Å²) >= 11 is 1.39. The number of carbonyl (C=O) groups is 1. The summed E-state index contributed by atoms with van der Waals surface area (Å²) in [6.07, 6.45) is 3.07. The van der Waals surface area contributed by atoms with E-state index in [-0.39, 0.29) is 17.5 Å². The molecule has 8 heteroatoms. The molecule has 2 N–H and O–H groups in total. The summed E-state index contributed by atoms with van der Waals surface area (Å²) in [7, 11) is 0. The van der Waals surface area contributed by atoms with Crippen LogP contribution in [0.4, 0.5) is 10.1 Å². The largest absolute Gasteiger partial charge is 0.439 e. The molecule has 0 bridgehead atoms. The number of carbonyl (C=O) groups excluding carboxylic acids is 1. The summed E-state index contributed by atoms with van der Waals surface area (Å²) in [5.41, 5.74) is 1.67. The van der Waals surface area contributed by atoms with Gasteiger partial charge in [-0.05, 0) is 36.4 Å². The molecule has 1 amide bonds. The van der Waals surface area contributed by atoms with E-state index in [1.54, 1.807) is 48.5 Å². The van der Waals surface area contributed by atoms with Gasteiger partial charge in [-0.25, -0.2) is 9.18 Å². The monoisotopic (exact) mass is 407 g/mol. The first kappa shape index (κ1) is 18.6. The minimum Gasteiger partial charge on any atom is -0.322 e. The van der Waals surface area contributed by atoms with Gasteiger partial charge in [0.15, 0.2) is 5.82 Å². The normalized spacial score (nSPS) is 11.1. The van der Waals surface area contributed by atoms with E-state index < -0.39 is 5.76 Å². The van der Waals surface area contributed by atoms with Crippen LogP contribution in [0.5, 0.6) is 0 Å². The molecule has 0 atom stereocenters. The number of rotatable bonds is 5. The van der Waals surface area contributed by atoms with Crippen LogP contribution in [0, 0.1) is 5.82 Å². The Morgan fingerprint density at radius 1 is 1.14 bits per heavy atom. The Morgan fingerprint density at radius 3 is 2.79 bits per heavy atom. The van der Waals surface area contributed by atoms with E-state index in [4.69, 9.17) is 0 Å². The second kappa shape index (κ2) is 8.07. The number of hydrogen-bond acceptors (Lipinski definition) is 5. The van der Waals surface area contributed by atoms with Gasteiger partial charge in [-0.1, -0.05) is 35.5 Å². The number of thiophene rings is 1. The topological polar surface area (TPSA) is 88.0 Å². The number of hydrogen-bond donors (Lipinski definition) is 2. The van der Waals surface area contributed by atoms with Crippen LogP contribution in [0.1, 0.15) is 4.88 Å². The van der Waals surface area contributed by atoms with Gasteiger partial charge in [-0.3, -0.25) is 14.3 Å². The Labute approximate surface area is 168 Å². The highest BCUT2D eigenvalue weighted by atomic mass is 32.1. The highest BCUT2D eigenvalue weighted by Crippen LogP contribution is 2.30. The van der Waals surface area contributed by atoms with Gasteiger partial charge < -0.3 is 5.32 Å². The first-order chi connectivity index (χ1) is 14.1. The number of nitrogens with zero attached hydrogens (tertiary/aromatic N) is 1. The van der Waals surface area contributed by atoms with Gasteiger partial charge in [0.1, 0.15) is 5.82 Å². The van der Waals surface area contributed by atoms with E-state index in [2.05, 4.69) is 20.0 Å². The van der Waals surface area contributed by atoms with E-state index in [0.717, 1.165) is 9.75 Å². The Bertz CT molecular complexity index is 1260. The third-order valence-corrected chi connectivity index (χ3v) is 5.09. The summed E-state index contributed by atoms with van der Waals surface area (Å²) in [4.78, 5) is 27.4. The molecule has 2 aromatic heterocycles. The average Bonchev–Trinajstić information content (AvgIpc) is 3.36. The molecule has 6 nitrogen and oxygen atoms in total. The molecular formula is C21H14FN3O3S. The Hall–Kier alpha value is -3.78. The number of halogens is 1. The summed E-state index contributed by atoms with van der Waals surface area (Å²) in [6, 6.07) is 17.1. The summed E-state index contributed by atoms with van der Waals surface area (Å²) in [6.45, 7) is 0. The van der Waals surface area contributed by atoms with Crippen molar-refractivity contribution in [3.63, 3.8) is 0 Å². The van der Waals surface area contributed by atoms with Gasteiger partial charge in [0, 0.05) is 32.6 Å². The van der Waals surface area contributed by atoms with Crippen LogP contribution in [-0.2, 0) is 4.79 Å². The van der Waals surface area contributed by atoms with Gasteiger partial charge in [-0.2, -0.15) is 0 Å². The fraction of sp³-hybridized carbons (Fsp3) is 0. The van der Waals surface area contributed by atoms with Crippen LogP contribution in [0.3, 0.4) is 0 Å². The summed E-state index contributed by atoms with van der Waals surface area (Å²) in [5, 5.41) is 6.37. The molecule has 4 rings (SSSR count). The van der Waals surface area contributed by atoms with Crippen LogP contribution in [0.2, 0.25) is 0 Å². The maximum Gasteiger partial charge on any atom is 0.439 e. The van der Waals surface area contributed by atoms with Gasteiger partial charge in [0.05, 0.1) is 0 Å². The molecule has 0 radical (unpaired) electrons. The zero-order valence-corrected chi connectivity index (χ0v) is 15.7. The number of H-pyrrole nitrogens is 1. The van der Waals surface area contributed by atoms with Crippen molar-refractivity contribution in [1.29, 1.82) is 0 Å². The standard InChI is InChI=1S/C21H14FN3O3S/c22-17-7-2-1-6-16(17)18-10-8-15(29-18)9-11-19(26)23-14-5-3-4-13(12-14)20-24-21(27)28-25-20/h1-12H,(H,23,26)(H,24,25,27)/b11-9+. The molecule has 0 saturated heterocycles. The first-order valence-electron chi connectivity index (χ1n) is 8.59. The number of nitrogens with one attached hydrogen (secondary N) is 2. The highest BCUT2D eigenvalue weighted by Gasteiger charge is 2.08. The number of aromatic nitrogens is 2. The zero-order chi connectivity index (χ0) is 20.2. The van der Waals surface area contributed by atoms with Gasteiger partial charge in [0.2, 0.25) is 5.91 Å². The molecular weight excluding hydrogens is 393 g/mol. The van der Waals surface area contributed by atoms with Crippen LogP contribution in [0.15, 0.2) is 76.1 Å². The number of anilines is 1. The Morgan fingerprint density at radius 2 is 2.00 bits per heavy atom. The van der Waals surface area contributed by atoms with Crippen molar-refractivity contribution in [3.05, 3.63) is 88.0 Å². The predicted molar refractivity (Wildman–Crippen MR) is 110 cm³/mol. The van der Waals surface area contributed by atoms with Crippen molar-refractivity contribution < 1.29 is 13.7 Å². The average molecular weight is 407 g/mol. The Kier molecular flexibility index (Phi) is 5.17. The maximum atomic E-state index is 13.9. The van der Waals surface area contributed by atoms with Gasteiger partial charge >= 0.3 is 5.76 Å². The van der Waals surface area contributed by atoms with Crippen LogP contribution in [0.25, 0.3) is 27.9 Å². The van der Waals surface area contributed by atoms with Crippen molar-refractivity contribution in [3.8, 4) is 21.8 Å². The molecule has 0 aliphatic rings. The van der Waals surface area contributed by atoms with Crippen molar-refractivity contribution >= 4 is 29.0 Å². The molecule has 0 saturated carbocycles. The Balaban J connectivity index is 1.45. The molecule has 0 aliphatic heterocycles. The van der Waals surface area contributed by atoms with Gasteiger partial charge in [0.25, 0.3) is 0 Å². The lowest BCUT2D eigenvalue weighted by Crippen LogP contribution is -2.07. The van der Waals surface area contributed by atoms with Crippen molar-refractivity contribution in [2.24, 2.45) is 0 Å². The van der Waals surface area contributed by atoms with E-state index in [9.17, 15) is 14.0 Å². The van der Waals surface area contributed by atoms with E-state index in [1.807, 2.05) is 12.1 Å². The second-order valence-corrected chi connectivity index (χ2v) is 7.14. The molecule has 29 heavy (non-hydrogen) atoms. The third-order valence-electron chi connectivity index (χ3n) is 4.01. The molecule has 144 valence electrons. The fourth-order valence-corrected chi connectivity index (χ4v) is 3.63. The van der Waals surface area contributed by atoms with Crippen LogP contribution in [-0.4, -0.2) is 16.0 Å². The molecule has 0 spiro atoms. The molecule has 4 aromatic rings. The summed E-state index contributed by atoms with van der Waals surface area (Å²) < 4.78 is 18.4. The van der Waals surface area contributed by atoms with E-state index >= 15 is 0 Å². The number of benzene rings is 2. The second-order valence-electron chi connectivity index (χ2n) is 6.03. The minimum atomic E-state index is -0.650. The maximum absolute atomic E-state index is 13.9. The van der Waals surface area contributed by atoms with Crippen molar-refractivity contribution in [1.82, 2.24) is 10.1 Å². The fourth-order valence-electron chi connectivity index (χ4n) is 2.69. The van der Waals surface area contributed by atoms with Crippen molar-refractivity contribution in [2.45, 2.75) is 0 Å². The summed E-state index contributed by atoms with van der Waals surface area (Å²) in [5.74, 6) is -0.975. The minimum absolute atomic E-state index is 0.279. The SMILES string of the molecule is O=C(/C=C/c1ccc(-c2ccccc2F)s1)Nc1cccc(-c2noc(=O)[nH]2)c1. The molecule has 0 unspecified atom stereocenters. The molecule has 0 aliphatic carbocycles. The molecule has 0 fully saturated rings. The highest BCUT2D eigenvalue weighted by molar-refractivity contribution is 7.16. The van der Waals surface area contributed by atoms with E-state index in [1.165, 1.54) is 23.5 Å². The lowest BCUT2D eigenvalue weighted by Gasteiger charge is -2.03. The van der Waals surface area contributed by atoms with Gasteiger partial charge in [-0.15, -0.1) is 11.3 Å². The van der Waals surface area contributed by atoms with E-state index in [0.29, 0.717) is 16.8 Å². The predicted octanol–water partition coefficient (Wildman–Crippen LogP) is 4.55. The first-order valence-corrected chi connectivity index (χ1v) is 9.40. The number of amides is 1. The van der Waals surface area contributed by atoms with Crippen LogP contribution >= 0.6 is 11.3 Å². The third kappa shape index (κ3) is 4.39. The lowest BCUT2D eigenvalue weighted by atomic mass is 10.2. The smallest absolute Gasteiger partial charge is 0.322 e. The van der Waals surface area contributed by atoms with Crippen molar-refractivity contribution in [2.75, 3.05) is 5.32 Å². The molecule has 2 aromatic carbocycles. The zero-order valence-electron chi connectivity index (χ0n) is 14.9. The quantitative estimate of drug-likeness (QED) is 0.475. The lowest BCUT2D eigenvalue weighted by molar-refractivity contribution is -0.111.